The van der Waals surface area contributed by atoms with Gasteiger partial charge >= 0.3 is 5.97 Å². The highest BCUT2D eigenvalue weighted by molar-refractivity contribution is 8.14. The summed E-state index contributed by atoms with van der Waals surface area (Å²) in [6.45, 7) is 3.22. The van der Waals surface area contributed by atoms with Gasteiger partial charge in [-0.3, -0.25) is 14.4 Å². The molecular formula is C20H21NO6S. The van der Waals surface area contributed by atoms with Gasteiger partial charge < -0.3 is 14.4 Å². The van der Waals surface area contributed by atoms with E-state index in [0.717, 1.165) is 17.1 Å². The molecule has 1 aromatic heterocycles. The molecule has 1 aromatic carbocycles. The summed E-state index contributed by atoms with van der Waals surface area (Å²) in [6.07, 6.45) is 0.979. The van der Waals surface area contributed by atoms with Gasteiger partial charge in [-0.25, -0.2) is 4.79 Å². The molecule has 28 heavy (non-hydrogen) atoms. The number of benzene rings is 1. The van der Waals surface area contributed by atoms with Gasteiger partial charge in [0.2, 0.25) is 11.7 Å². The third-order valence-corrected chi connectivity index (χ3v) is 6.09. The molecule has 1 N–H and O–H groups in total. The number of Topliss-reactive ketones (excluding diaryl/α,β-unsaturated/α-hetero) is 1. The van der Waals surface area contributed by atoms with Crippen LogP contribution in [0.25, 0.3) is 11.0 Å². The zero-order valence-electron chi connectivity index (χ0n) is 15.6. The van der Waals surface area contributed by atoms with Crippen LogP contribution in [0.1, 0.15) is 37.2 Å². The predicted octanol–water partition coefficient (Wildman–Crippen LogP) is 2.98. The number of ketones is 1. The third-order valence-electron chi connectivity index (χ3n) is 4.88. The van der Waals surface area contributed by atoms with Crippen molar-refractivity contribution in [1.29, 1.82) is 0 Å². The molecule has 0 spiro atoms. The first-order chi connectivity index (χ1) is 13.3. The Balaban J connectivity index is 1.88. The van der Waals surface area contributed by atoms with Crippen molar-refractivity contribution in [2.24, 2.45) is 5.92 Å². The first-order valence-corrected chi connectivity index (χ1v) is 9.91. The highest BCUT2D eigenvalue weighted by Crippen LogP contribution is 2.30. The van der Waals surface area contributed by atoms with E-state index in [2.05, 4.69) is 0 Å². The Labute approximate surface area is 166 Å². The minimum Gasteiger partial charge on any atom is -0.480 e. The lowest BCUT2D eigenvalue weighted by atomic mass is 10.00. The van der Waals surface area contributed by atoms with Crippen molar-refractivity contribution in [2.75, 3.05) is 6.54 Å². The molecule has 0 bridgehead atoms. The molecule has 3 rings (SSSR count). The molecular weight excluding hydrogens is 382 g/mol. The van der Waals surface area contributed by atoms with E-state index >= 15 is 0 Å². The number of hydrogen-bond donors (Lipinski definition) is 1. The summed E-state index contributed by atoms with van der Waals surface area (Å²) in [7, 11) is 0. The lowest BCUT2D eigenvalue weighted by Crippen LogP contribution is -2.46. The molecule has 148 valence electrons. The Kier molecular flexibility index (Phi) is 5.88. The fourth-order valence-corrected chi connectivity index (χ4v) is 4.38. The number of furan rings is 1. The second-order valence-electron chi connectivity index (χ2n) is 6.86. The minimum atomic E-state index is -1.06. The summed E-state index contributed by atoms with van der Waals surface area (Å²) in [6, 6.07) is 7.85. The number of carboxylic acids is 1. The molecule has 1 fully saturated rings. The lowest BCUT2D eigenvalue weighted by molar-refractivity contribution is -0.149. The average Bonchev–Trinajstić information content (AvgIpc) is 3.30. The number of carboxylic acid groups (broad SMARTS) is 1. The maximum absolute atomic E-state index is 13.1. The van der Waals surface area contributed by atoms with Crippen LogP contribution in [0.4, 0.5) is 0 Å². The van der Waals surface area contributed by atoms with E-state index < -0.39 is 34.9 Å². The monoisotopic (exact) mass is 403 g/mol. The molecule has 2 aromatic rings. The van der Waals surface area contributed by atoms with Gasteiger partial charge in [-0.05, 0) is 25.0 Å². The maximum atomic E-state index is 13.1. The fraction of sp³-hybridized carbons (Fsp3) is 0.400. The predicted molar refractivity (Wildman–Crippen MR) is 104 cm³/mol. The maximum Gasteiger partial charge on any atom is 0.326 e. The molecule has 2 unspecified atom stereocenters. The molecule has 0 saturated carbocycles. The van der Waals surface area contributed by atoms with E-state index in [-0.39, 0.29) is 10.9 Å². The molecule has 7 nitrogen and oxygen atoms in total. The molecule has 0 aliphatic carbocycles. The number of rotatable bonds is 6. The number of aliphatic carboxylic acids is 1. The van der Waals surface area contributed by atoms with Crippen LogP contribution >= 0.6 is 11.8 Å². The number of likely N-dealkylation sites (tertiary alicyclic amines) is 1. The van der Waals surface area contributed by atoms with E-state index in [1.807, 2.05) is 6.07 Å². The van der Waals surface area contributed by atoms with Crippen LogP contribution in [-0.4, -0.2) is 50.6 Å². The lowest BCUT2D eigenvalue weighted by Gasteiger charge is -2.28. The van der Waals surface area contributed by atoms with E-state index in [4.69, 9.17) is 4.42 Å². The molecule has 8 heteroatoms. The number of carbonyl (C=O) groups excluding carboxylic acids is 3. The summed E-state index contributed by atoms with van der Waals surface area (Å²) in [5, 5.41) is 8.80. The number of carbonyl (C=O) groups is 4. The van der Waals surface area contributed by atoms with Crippen molar-refractivity contribution in [2.45, 2.75) is 38.0 Å². The summed E-state index contributed by atoms with van der Waals surface area (Å²) < 4.78 is 5.61. The number of nitrogens with zero attached hydrogens (tertiary/aromatic N) is 1. The van der Waals surface area contributed by atoms with Crippen LogP contribution in [0, 0.1) is 5.92 Å². The summed E-state index contributed by atoms with van der Waals surface area (Å²) in [5.74, 6) is -2.74. The molecule has 1 aliphatic heterocycles. The summed E-state index contributed by atoms with van der Waals surface area (Å²) in [5.41, 5.74) is 0.543. The first-order valence-electron chi connectivity index (χ1n) is 9.03. The van der Waals surface area contributed by atoms with Gasteiger partial charge in [0.25, 0.3) is 0 Å². The number of thioether (sulfide) groups is 1. The molecule has 3 atom stereocenters. The molecule has 1 amide bonds. The van der Waals surface area contributed by atoms with E-state index in [1.54, 1.807) is 31.2 Å². The Hall–Kier alpha value is -2.61. The Morgan fingerprint density at radius 1 is 1.25 bits per heavy atom. The highest BCUT2D eigenvalue weighted by atomic mass is 32.2. The standard InChI is InChI=1S/C20H21NO6S/c1-11(19(24)21-9-5-7-14(21)20(25)26)18(28-12(2)22)17(23)16-10-13-6-3-4-8-15(13)27-16/h3-4,6,8,10-11,14,18H,5,7,9H2,1-2H3,(H,25,26)/t11?,14-,18?/m0/s1. The van der Waals surface area contributed by atoms with Gasteiger partial charge in [-0.2, -0.15) is 0 Å². The molecule has 2 heterocycles. The van der Waals surface area contributed by atoms with Crippen LogP contribution in [-0.2, 0) is 14.4 Å². The van der Waals surface area contributed by atoms with Crippen molar-refractivity contribution in [3.63, 3.8) is 0 Å². The van der Waals surface area contributed by atoms with Crippen LogP contribution in [0.15, 0.2) is 34.7 Å². The van der Waals surface area contributed by atoms with Gasteiger partial charge in [0.05, 0.1) is 11.2 Å². The van der Waals surface area contributed by atoms with Gasteiger partial charge in [0.15, 0.2) is 10.9 Å². The normalized spacial score (nSPS) is 18.8. The van der Waals surface area contributed by atoms with Gasteiger partial charge in [-0.15, -0.1) is 0 Å². The fourth-order valence-electron chi connectivity index (χ4n) is 3.48. The number of hydrogen-bond acceptors (Lipinski definition) is 6. The van der Waals surface area contributed by atoms with Crippen LogP contribution in [0.5, 0.6) is 0 Å². The van der Waals surface area contributed by atoms with Crippen molar-refractivity contribution in [3.8, 4) is 0 Å². The zero-order chi connectivity index (χ0) is 20.4. The summed E-state index contributed by atoms with van der Waals surface area (Å²) >= 11 is 0.774. The SMILES string of the molecule is CC(=O)SC(C(=O)c1cc2ccccc2o1)C(C)C(=O)N1CCC[C@H]1C(=O)O. The topological polar surface area (TPSA) is 105 Å². The largest absolute Gasteiger partial charge is 0.480 e. The van der Waals surface area contributed by atoms with Crippen molar-refractivity contribution >= 4 is 45.5 Å². The average molecular weight is 403 g/mol. The first kappa shape index (κ1) is 20.1. The number of fused-ring (bicyclic) bond motifs is 1. The Morgan fingerprint density at radius 3 is 2.61 bits per heavy atom. The second kappa shape index (κ2) is 8.18. The Morgan fingerprint density at radius 2 is 1.96 bits per heavy atom. The van der Waals surface area contributed by atoms with Crippen LogP contribution < -0.4 is 0 Å². The van der Waals surface area contributed by atoms with Gasteiger partial charge in [0, 0.05) is 18.9 Å². The van der Waals surface area contributed by atoms with Gasteiger partial charge in [0.1, 0.15) is 11.6 Å². The number of amides is 1. The third kappa shape index (κ3) is 3.96. The summed E-state index contributed by atoms with van der Waals surface area (Å²) in [4.78, 5) is 50.5. The second-order valence-corrected chi connectivity index (χ2v) is 8.18. The van der Waals surface area contributed by atoms with Crippen molar-refractivity contribution in [1.82, 2.24) is 4.90 Å². The quantitative estimate of drug-likeness (QED) is 0.739. The smallest absolute Gasteiger partial charge is 0.326 e. The molecule has 0 radical (unpaired) electrons. The highest BCUT2D eigenvalue weighted by Gasteiger charge is 2.41. The number of para-hydroxylation sites is 1. The van der Waals surface area contributed by atoms with E-state index in [0.29, 0.717) is 25.0 Å². The van der Waals surface area contributed by atoms with Crippen LogP contribution in [0.2, 0.25) is 0 Å². The van der Waals surface area contributed by atoms with Crippen LogP contribution in [0.3, 0.4) is 0 Å². The molecule has 1 aliphatic rings. The van der Waals surface area contributed by atoms with Gasteiger partial charge in [-0.1, -0.05) is 36.9 Å². The molecule has 1 saturated heterocycles. The Bertz CT molecular complexity index is 903. The van der Waals surface area contributed by atoms with Crippen molar-refractivity contribution in [3.05, 3.63) is 36.1 Å². The van der Waals surface area contributed by atoms with Crippen molar-refractivity contribution < 1.29 is 28.7 Å². The van der Waals surface area contributed by atoms with E-state index in [9.17, 15) is 24.3 Å². The van der Waals surface area contributed by atoms with E-state index in [1.165, 1.54) is 11.8 Å². The minimum absolute atomic E-state index is 0.0795. The zero-order valence-corrected chi connectivity index (χ0v) is 16.4.